The third-order valence-corrected chi connectivity index (χ3v) is 0.886. The first-order valence-electron chi connectivity index (χ1n) is 3.47. The molecule has 0 aliphatic rings. The lowest BCUT2D eigenvalue weighted by molar-refractivity contribution is -0.153. The molecule has 58 valence electrons. The van der Waals surface area contributed by atoms with Gasteiger partial charge in [0, 0.05) is 5.82 Å². The van der Waals surface area contributed by atoms with Gasteiger partial charge in [0.2, 0.25) is 5.78 Å². The van der Waals surface area contributed by atoms with Crippen LogP contribution in [0.1, 0.15) is 8.29 Å². The van der Waals surface area contributed by atoms with Crippen molar-refractivity contribution in [3.05, 3.63) is 0 Å². The van der Waals surface area contributed by atoms with E-state index >= 15 is 0 Å². The maximum absolute atomic E-state index is 10.7. The summed E-state index contributed by atoms with van der Waals surface area (Å²) in [4.78, 5) is 31.5. The molecule has 0 aromatic rings. The van der Waals surface area contributed by atoms with Crippen molar-refractivity contribution in [1.82, 2.24) is 0 Å². The van der Waals surface area contributed by atoms with Crippen LogP contribution in [-0.4, -0.2) is 32.5 Å². The van der Waals surface area contributed by atoms with E-state index in [1.807, 2.05) is 0 Å². The molecule has 0 saturated carbocycles. The van der Waals surface area contributed by atoms with Crippen molar-refractivity contribution in [1.29, 1.82) is 0 Å². The van der Waals surface area contributed by atoms with Gasteiger partial charge in [0.25, 0.3) is 0 Å². The van der Waals surface area contributed by atoms with Crippen LogP contribution < -0.4 is 0 Å². The van der Waals surface area contributed by atoms with Gasteiger partial charge in [0.1, 0.15) is 7.63 Å². The predicted molar refractivity (Wildman–Crippen MR) is 37.2 cm³/mol. The van der Waals surface area contributed by atoms with Crippen molar-refractivity contribution < 1.29 is 20.5 Å². The number of carbonyl (C=O) groups excluding carboxylic acids is 3. The van der Waals surface area contributed by atoms with Gasteiger partial charge in [-0.05, 0) is 6.92 Å². The zero-order chi connectivity index (χ0) is 9.72. The van der Waals surface area contributed by atoms with Crippen LogP contribution in [0.5, 0.6) is 0 Å². The summed E-state index contributed by atoms with van der Waals surface area (Å²) in [6.45, 7) is 1.54. The molecule has 0 bridgehead atoms. The second-order valence-electron chi connectivity index (χ2n) is 1.68. The largest absolute Gasteiger partial charge is 0.460 e. The minimum Gasteiger partial charge on any atom is -0.460 e. The van der Waals surface area contributed by atoms with Crippen LogP contribution in [0, 0.1) is 0 Å². The van der Waals surface area contributed by atoms with Gasteiger partial charge < -0.3 is 9.53 Å². The highest BCUT2D eigenvalue weighted by atomic mass is 16.5. The summed E-state index contributed by atoms with van der Waals surface area (Å²) in [6.07, 6.45) is -1.30. The number of esters is 1. The second-order valence-corrected chi connectivity index (χ2v) is 1.68. The number of aldehydes is 1. The van der Waals surface area contributed by atoms with Crippen molar-refractivity contribution in [3.8, 4) is 0 Å². The summed E-state index contributed by atoms with van der Waals surface area (Å²) >= 11 is 0. The smallest absolute Gasteiger partial charge is 0.374 e. The van der Waals surface area contributed by atoms with Gasteiger partial charge in [0.05, 0.1) is 14.5 Å². The van der Waals surface area contributed by atoms with E-state index in [-0.39, 0.29) is 6.61 Å². The quantitative estimate of drug-likeness (QED) is 0.176. The highest BCUT2D eigenvalue weighted by Gasteiger charge is 2.20. The van der Waals surface area contributed by atoms with E-state index in [0.29, 0.717) is 0 Å². The zero-order valence-corrected chi connectivity index (χ0v) is 5.99. The summed E-state index contributed by atoms with van der Waals surface area (Å²) in [5, 5.41) is 0. The Labute approximate surface area is 66.7 Å². The van der Waals surface area contributed by atoms with Crippen LogP contribution in [0.3, 0.4) is 0 Å². The molecular formula is C6H7BO4. The van der Waals surface area contributed by atoms with E-state index < -0.39 is 23.8 Å². The van der Waals surface area contributed by atoms with Crippen molar-refractivity contribution in [3.63, 3.8) is 0 Å². The summed E-state index contributed by atoms with van der Waals surface area (Å²) in [5.41, 5.74) is 0. The van der Waals surface area contributed by atoms with Gasteiger partial charge in [-0.3, -0.25) is 4.79 Å². The minimum atomic E-state index is -1.72. The standard InChI is InChI=1S/C6H7BO4/c1-2-11-6(10)5(9)4(7)3-8/h3-4H,2H2,1H3/i3D. The Morgan fingerprint density at radius 3 is 2.73 bits per heavy atom. The van der Waals surface area contributed by atoms with E-state index in [9.17, 15) is 14.4 Å². The first-order valence-corrected chi connectivity index (χ1v) is 2.97. The molecule has 5 heteroatoms. The van der Waals surface area contributed by atoms with Gasteiger partial charge in [-0.15, -0.1) is 0 Å². The molecule has 1 unspecified atom stereocenters. The van der Waals surface area contributed by atoms with Crippen LogP contribution in [-0.2, 0) is 19.1 Å². The molecule has 2 radical (unpaired) electrons. The van der Waals surface area contributed by atoms with Crippen molar-refractivity contribution >= 4 is 25.9 Å². The summed E-state index contributed by atoms with van der Waals surface area (Å²) in [7, 11) is 4.90. The Morgan fingerprint density at radius 1 is 1.82 bits per heavy atom. The van der Waals surface area contributed by atoms with Gasteiger partial charge in [-0.2, -0.15) is 0 Å². The van der Waals surface area contributed by atoms with Gasteiger partial charge in [0.15, 0.2) is 0 Å². The van der Waals surface area contributed by atoms with Crippen molar-refractivity contribution in [2.24, 2.45) is 0 Å². The van der Waals surface area contributed by atoms with Gasteiger partial charge in [-0.25, -0.2) is 4.79 Å². The number of carbonyl (C=O) groups is 3. The third kappa shape index (κ3) is 2.97. The lowest BCUT2D eigenvalue weighted by Gasteiger charge is -2.01. The highest BCUT2D eigenvalue weighted by Crippen LogP contribution is 1.96. The zero-order valence-electron chi connectivity index (χ0n) is 6.99. The van der Waals surface area contributed by atoms with Crippen molar-refractivity contribution in [2.45, 2.75) is 12.7 Å². The normalized spacial score (nSPS) is 13.0. The van der Waals surface area contributed by atoms with Crippen LogP contribution in [0.4, 0.5) is 0 Å². The minimum absolute atomic E-state index is 0.0312. The Morgan fingerprint density at radius 2 is 2.36 bits per heavy atom. The molecule has 0 aliphatic heterocycles. The lowest BCUT2D eigenvalue weighted by atomic mass is 9.85. The fourth-order valence-electron chi connectivity index (χ4n) is 0.383. The molecule has 0 fully saturated rings. The van der Waals surface area contributed by atoms with Gasteiger partial charge in [-0.1, -0.05) is 0 Å². The van der Waals surface area contributed by atoms with Gasteiger partial charge >= 0.3 is 5.97 Å². The molecule has 0 amide bonds. The Bertz CT molecular complexity index is 216. The number of Topliss-reactive ketones (excluding diaryl/α,β-unsaturated/α-hetero) is 1. The fraction of sp³-hybridized carbons (Fsp3) is 0.500. The Kier molecular flexibility index (Phi) is 3.37. The van der Waals surface area contributed by atoms with E-state index in [0.717, 1.165) is 0 Å². The molecule has 0 N–H and O–H groups in total. The molecule has 0 aromatic carbocycles. The molecule has 1 atom stereocenters. The summed E-state index contributed by atoms with van der Waals surface area (Å²) < 4.78 is 10.7. The lowest BCUT2D eigenvalue weighted by Crippen LogP contribution is -2.23. The molecule has 0 heterocycles. The van der Waals surface area contributed by atoms with E-state index in [1.165, 1.54) is 6.92 Å². The first-order chi connectivity index (χ1) is 5.50. The molecule has 0 aliphatic carbocycles. The summed E-state index contributed by atoms with van der Waals surface area (Å²) in [6, 6.07) is 0. The molecule has 4 nitrogen and oxygen atoms in total. The number of rotatable bonds is 4. The van der Waals surface area contributed by atoms with E-state index in [1.54, 1.807) is 0 Å². The number of hydrogen-bond donors (Lipinski definition) is 0. The highest BCUT2D eigenvalue weighted by molar-refractivity contribution is 6.49. The van der Waals surface area contributed by atoms with Crippen LogP contribution >= 0.6 is 0 Å². The monoisotopic (exact) mass is 155 g/mol. The topological polar surface area (TPSA) is 60.4 Å². The number of ketones is 1. The maximum atomic E-state index is 10.7. The van der Waals surface area contributed by atoms with E-state index in [4.69, 9.17) is 9.22 Å². The third-order valence-electron chi connectivity index (χ3n) is 0.886. The maximum Gasteiger partial charge on any atom is 0.374 e. The molecule has 0 spiro atoms. The molecule has 0 rings (SSSR count). The molecule has 11 heavy (non-hydrogen) atoms. The number of ether oxygens (including phenoxy) is 1. The average molecular weight is 155 g/mol. The Balaban J connectivity index is 4.19. The van der Waals surface area contributed by atoms with Crippen LogP contribution in [0.2, 0.25) is 5.82 Å². The first kappa shape index (κ1) is 7.98. The van der Waals surface area contributed by atoms with Crippen molar-refractivity contribution in [2.75, 3.05) is 6.61 Å². The molecule has 0 saturated heterocycles. The Hall–Kier alpha value is -1.13. The molecular weight excluding hydrogens is 147 g/mol. The van der Waals surface area contributed by atoms with Crippen LogP contribution in [0.15, 0.2) is 0 Å². The SMILES string of the molecule is [2H]C(=O)C([B])C(=O)C(=O)OCC. The average Bonchev–Trinajstić information content (AvgIpc) is 2.02. The molecule has 0 aromatic heterocycles. The second kappa shape index (κ2) is 4.65. The fourth-order valence-corrected chi connectivity index (χ4v) is 0.383. The summed E-state index contributed by atoms with van der Waals surface area (Å²) in [5.74, 6) is -4.08. The van der Waals surface area contributed by atoms with Crippen LogP contribution in [0.25, 0.3) is 0 Å². The number of hydrogen-bond acceptors (Lipinski definition) is 4. The van der Waals surface area contributed by atoms with E-state index in [2.05, 4.69) is 4.74 Å². The predicted octanol–water partition coefficient (Wildman–Crippen LogP) is -0.726.